The Morgan fingerprint density at radius 1 is 1.14 bits per heavy atom. The molecule has 140 valence electrons. The van der Waals surface area contributed by atoms with Gasteiger partial charge in [-0.3, -0.25) is 9.20 Å². The zero-order valence-corrected chi connectivity index (χ0v) is 16.2. The van der Waals surface area contributed by atoms with Crippen molar-refractivity contribution < 1.29 is 9.90 Å². The number of phenolic OH excluding ortho intramolecular Hbond substituents is 1. The Balaban J connectivity index is 1.59. The maximum atomic E-state index is 12.3. The third-order valence-electron chi connectivity index (χ3n) is 4.20. The van der Waals surface area contributed by atoms with Crippen LogP contribution in [0.25, 0.3) is 5.65 Å². The van der Waals surface area contributed by atoms with Crippen molar-refractivity contribution >= 4 is 39.0 Å². The fourth-order valence-electron chi connectivity index (χ4n) is 2.81. The fourth-order valence-corrected chi connectivity index (χ4v) is 3.20. The van der Waals surface area contributed by atoms with Crippen LogP contribution in [0, 0.1) is 0 Å². The molecule has 0 unspecified atom stereocenters. The van der Waals surface area contributed by atoms with Crippen molar-refractivity contribution in [3.8, 4) is 5.75 Å². The van der Waals surface area contributed by atoms with Gasteiger partial charge in [0.25, 0.3) is 5.91 Å². The monoisotopic (exact) mass is 437 g/mol. The van der Waals surface area contributed by atoms with Gasteiger partial charge in [-0.15, -0.1) is 0 Å². The van der Waals surface area contributed by atoms with Gasteiger partial charge in [-0.05, 0) is 39.7 Å². The molecule has 4 rings (SSSR count). The molecule has 0 atom stereocenters. The summed E-state index contributed by atoms with van der Waals surface area (Å²) in [4.78, 5) is 21.0. The number of carbonyl (C=O) groups excluding carboxylic acids is 1. The molecule has 3 N–H and O–H groups in total. The Bertz CT molecular complexity index is 1140. The first-order valence-electron chi connectivity index (χ1n) is 8.51. The normalized spacial score (nSPS) is 10.8. The quantitative estimate of drug-likeness (QED) is 0.440. The van der Waals surface area contributed by atoms with E-state index >= 15 is 0 Å². The number of benzene rings is 2. The number of aromatic hydroxyl groups is 1. The van der Waals surface area contributed by atoms with Crippen LogP contribution in [0.15, 0.2) is 71.7 Å². The molecule has 0 bridgehead atoms. The summed E-state index contributed by atoms with van der Waals surface area (Å²) in [5.74, 6) is 0.476. The van der Waals surface area contributed by atoms with Crippen LogP contribution in [0.1, 0.15) is 15.9 Å². The van der Waals surface area contributed by atoms with E-state index in [0.717, 1.165) is 10.2 Å². The smallest absolute Gasteiger partial charge is 0.251 e. The second kappa shape index (κ2) is 7.69. The number of hydrogen-bond donors (Lipinski definition) is 3. The van der Waals surface area contributed by atoms with Gasteiger partial charge in [0.15, 0.2) is 11.5 Å². The van der Waals surface area contributed by atoms with Crippen LogP contribution in [0.4, 0.5) is 11.5 Å². The number of anilines is 2. The van der Waals surface area contributed by atoms with E-state index < -0.39 is 0 Å². The number of hydrogen-bond acceptors (Lipinski definition) is 5. The molecule has 7 nitrogen and oxygen atoms in total. The predicted molar refractivity (Wildman–Crippen MR) is 110 cm³/mol. The number of rotatable bonds is 5. The first kappa shape index (κ1) is 18.0. The lowest BCUT2D eigenvalue weighted by Gasteiger charge is -2.14. The van der Waals surface area contributed by atoms with Gasteiger partial charge < -0.3 is 15.7 Å². The molecule has 0 aliphatic carbocycles. The minimum absolute atomic E-state index is 0.108. The average molecular weight is 438 g/mol. The fraction of sp³-hybridized carbons (Fsp3) is 0.0500. The third-order valence-corrected chi connectivity index (χ3v) is 4.79. The van der Waals surface area contributed by atoms with Crippen molar-refractivity contribution in [2.45, 2.75) is 6.54 Å². The van der Waals surface area contributed by atoms with E-state index in [1.165, 1.54) is 0 Å². The lowest BCUT2D eigenvalue weighted by molar-refractivity contribution is 0.0951. The van der Waals surface area contributed by atoms with E-state index in [4.69, 9.17) is 0 Å². The van der Waals surface area contributed by atoms with E-state index in [1.54, 1.807) is 42.7 Å². The van der Waals surface area contributed by atoms with Crippen LogP contribution in [-0.4, -0.2) is 25.4 Å². The maximum absolute atomic E-state index is 12.3. The van der Waals surface area contributed by atoms with Gasteiger partial charge in [-0.1, -0.05) is 24.3 Å². The van der Waals surface area contributed by atoms with E-state index in [9.17, 15) is 9.90 Å². The number of phenols is 1. The van der Waals surface area contributed by atoms with Crippen LogP contribution < -0.4 is 10.6 Å². The topological polar surface area (TPSA) is 91.5 Å². The summed E-state index contributed by atoms with van der Waals surface area (Å²) in [6, 6.07) is 13.9. The molecule has 0 aliphatic rings. The third kappa shape index (κ3) is 3.67. The summed E-state index contributed by atoms with van der Waals surface area (Å²) in [6.45, 7) is 0.289. The van der Waals surface area contributed by atoms with Crippen molar-refractivity contribution in [2.75, 3.05) is 5.32 Å². The number of imidazole rings is 1. The highest BCUT2D eigenvalue weighted by Gasteiger charge is 2.12. The minimum atomic E-state index is -0.169. The van der Waals surface area contributed by atoms with Crippen molar-refractivity contribution in [1.82, 2.24) is 19.7 Å². The molecule has 0 radical (unpaired) electrons. The molecule has 0 saturated heterocycles. The van der Waals surface area contributed by atoms with Gasteiger partial charge in [0.05, 0.1) is 6.20 Å². The summed E-state index contributed by atoms with van der Waals surface area (Å²) < 4.78 is 2.62. The van der Waals surface area contributed by atoms with Crippen LogP contribution in [0.2, 0.25) is 0 Å². The van der Waals surface area contributed by atoms with E-state index in [-0.39, 0.29) is 18.2 Å². The molecule has 2 aromatic heterocycles. The molecule has 0 saturated carbocycles. The van der Waals surface area contributed by atoms with Crippen LogP contribution in [0.3, 0.4) is 0 Å². The first-order valence-corrected chi connectivity index (χ1v) is 9.31. The molecule has 2 aromatic carbocycles. The Hall–Kier alpha value is -3.39. The number of fused-ring (bicyclic) bond motifs is 1. The molecule has 4 aromatic rings. The summed E-state index contributed by atoms with van der Waals surface area (Å²) >= 11 is 3.43. The highest BCUT2D eigenvalue weighted by atomic mass is 79.9. The molecule has 0 aliphatic heterocycles. The summed E-state index contributed by atoms with van der Waals surface area (Å²) in [6.07, 6.45) is 5.16. The minimum Gasteiger partial charge on any atom is -0.508 e. The van der Waals surface area contributed by atoms with Crippen molar-refractivity contribution in [2.24, 2.45) is 0 Å². The highest BCUT2D eigenvalue weighted by Crippen LogP contribution is 2.27. The van der Waals surface area contributed by atoms with Crippen LogP contribution in [-0.2, 0) is 6.54 Å². The molecule has 0 fully saturated rings. The van der Waals surface area contributed by atoms with Crippen molar-refractivity contribution in [3.05, 3.63) is 82.9 Å². The Morgan fingerprint density at radius 2 is 1.96 bits per heavy atom. The zero-order valence-electron chi connectivity index (χ0n) is 14.6. The largest absolute Gasteiger partial charge is 0.508 e. The Morgan fingerprint density at radius 3 is 2.79 bits per heavy atom. The summed E-state index contributed by atoms with van der Waals surface area (Å²) in [5, 5.41) is 16.0. The molecular formula is C20H16BrN5O2. The molecule has 0 spiro atoms. The van der Waals surface area contributed by atoms with Crippen molar-refractivity contribution in [1.29, 1.82) is 0 Å². The van der Waals surface area contributed by atoms with E-state index in [2.05, 4.69) is 36.5 Å². The summed E-state index contributed by atoms with van der Waals surface area (Å²) in [5.41, 5.74) is 2.66. The van der Waals surface area contributed by atoms with Gasteiger partial charge in [-0.2, -0.15) is 0 Å². The average Bonchev–Trinajstić information content (AvgIpc) is 3.21. The van der Waals surface area contributed by atoms with Crippen LogP contribution in [0.5, 0.6) is 5.75 Å². The number of amides is 1. The number of halogens is 1. The van der Waals surface area contributed by atoms with E-state index in [0.29, 0.717) is 22.7 Å². The standard InChI is InChI=1S/C20H16BrN5O2/c21-17-12-23-18(19-22-8-9-26(17)19)25-16-10-15(27)7-6-14(16)11-24-20(28)13-4-2-1-3-5-13/h1-10,12,27H,11H2,(H,23,25)(H,24,28). The number of carbonyl (C=O) groups is 1. The van der Waals surface area contributed by atoms with Gasteiger partial charge in [0.2, 0.25) is 0 Å². The Kier molecular flexibility index (Phi) is 4.94. The van der Waals surface area contributed by atoms with Crippen LogP contribution >= 0.6 is 15.9 Å². The Labute approximate surface area is 169 Å². The SMILES string of the molecule is O=C(NCc1ccc(O)cc1Nc1ncc(Br)n2ccnc12)c1ccccc1. The number of aromatic nitrogens is 3. The predicted octanol–water partition coefficient (Wildman–Crippen LogP) is 3.87. The molecule has 28 heavy (non-hydrogen) atoms. The molecular weight excluding hydrogens is 422 g/mol. The van der Waals surface area contributed by atoms with Gasteiger partial charge in [0.1, 0.15) is 10.4 Å². The van der Waals surface area contributed by atoms with E-state index in [1.807, 2.05) is 28.8 Å². The zero-order chi connectivity index (χ0) is 19.5. The molecule has 8 heteroatoms. The highest BCUT2D eigenvalue weighted by molar-refractivity contribution is 9.10. The lowest BCUT2D eigenvalue weighted by atomic mass is 10.1. The van der Waals surface area contributed by atoms with Crippen molar-refractivity contribution in [3.63, 3.8) is 0 Å². The number of nitrogens with one attached hydrogen (secondary N) is 2. The maximum Gasteiger partial charge on any atom is 0.251 e. The van der Waals surface area contributed by atoms with Gasteiger partial charge in [0, 0.05) is 36.3 Å². The summed E-state index contributed by atoms with van der Waals surface area (Å²) in [7, 11) is 0. The second-order valence-electron chi connectivity index (χ2n) is 6.07. The molecule has 2 heterocycles. The first-order chi connectivity index (χ1) is 13.6. The van der Waals surface area contributed by atoms with Gasteiger partial charge in [-0.25, -0.2) is 9.97 Å². The second-order valence-corrected chi connectivity index (χ2v) is 6.88. The lowest BCUT2D eigenvalue weighted by Crippen LogP contribution is -2.23. The number of nitrogens with zero attached hydrogens (tertiary/aromatic N) is 3. The molecule has 1 amide bonds. The van der Waals surface area contributed by atoms with Gasteiger partial charge >= 0.3 is 0 Å².